The van der Waals surface area contributed by atoms with Crippen molar-refractivity contribution in [1.82, 2.24) is 4.98 Å². The molecule has 1 atom stereocenters. The third-order valence-corrected chi connectivity index (χ3v) is 3.32. The number of carboxylic acid groups (broad SMARTS) is 1. The molecule has 0 spiro atoms. The van der Waals surface area contributed by atoms with Crippen molar-refractivity contribution >= 4 is 17.3 Å². The maximum absolute atomic E-state index is 10.9. The third-order valence-electron chi connectivity index (χ3n) is 2.68. The molecule has 1 N–H and O–H groups in total. The largest absolute Gasteiger partial charge is 0.481 e. The Morgan fingerprint density at radius 1 is 1.50 bits per heavy atom. The minimum atomic E-state index is -0.831. The summed E-state index contributed by atoms with van der Waals surface area (Å²) in [7, 11) is 0. The number of ether oxygens (including phenoxy) is 1. The van der Waals surface area contributed by atoms with E-state index in [9.17, 15) is 4.79 Å². The summed E-state index contributed by atoms with van der Waals surface area (Å²) in [5.74, 6) is -0.646. The van der Waals surface area contributed by atoms with Crippen LogP contribution in [-0.4, -0.2) is 16.1 Å². The lowest BCUT2D eigenvalue weighted by molar-refractivity contribution is -0.138. The fraction of sp³-hybridized carbons (Fsp3) is 0.231. The Labute approximate surface area is 109 Å². The number of nitrogens with zero attached hydrogens (tertiary/aromatic N) is 1. The number of hydrogen-bond donors (Lipinski definition) is 1. The molecule has 1 unspecified atom stereocenters. The lowest BCUT2D eigenvalue weighted by Crippen LogP contribution is -2.07. The summed E-state index contributed by atoms with van der Waals surface area (Å²) in [6, 6.07) is 5.39. The average molecular weight is 263 g/mol. The predicted octanol–water partition coefficient (Wildman–Crippen LogP) is 3.43. The molecular formula is C13H13NO3S. The van der Waals surface area contributed by atoms with E-state index in [1.807, 2.05) is 18.4 Å². The lowest BCUT2D eigenvalue weighted by atomic mass is 9.99. The first-order chi connectivity index (χ1) is 8.58. The second-order valence-corrected chi connectivity index (χ2v) is 4.84. The Morgan fingerprint density at radius 2 is 2.28 bits per heavy atom. The first-order valence-corrected chi connectivity index (χ1v) is 6.36. The van der Waals surface area contributed by atoms with E-state index < -0.39 is 11.9 Å². The van der Waals surface area contributed by atoms with Crippen LogP contribution in [-0.2, 0) is 4.79 Å². The van der Waals surface area contributed by atoms with Crippen molar-refractivity contribution in [3.8, 4) is 10.9 Å². The van der Waals surface area contributed by atoms with Crippen molar-refractivity contribution in [3.63, 3.8) is 0 Å². The van der Waals surface area contributed by atoms with Crippen LogP contribution < -0.4 is 4.74 Å². The van der Waals surface area contributed by atoms with E-state index in [4.69, 9.17) is 9.84 Å². The third kappa shape index (κ3) is 2.68. The highest BCUT2D eigenvalue weighted by molar-refractivity contribution is 7.11. The molecule has 94 valence electrons. The summed E-state index contributed by atoms with van der Waals surface area (Å²) in [4.78, 5) is 15.0. The van der Waals surface area contributed by atoms with Crippen molar-refractivity contribution in [1.29, 1.82) is 0 Å². The van der Waals surface area contributed by atoms with Gasteiger partial charge >= 0.3 is 5.97 Å². The first kappa shape index (κ1) is 12.6. The topological polar surface area (TPSA) is 59.4 Å². The van der Waals surface area contributed by atoms with Crippen molar-refractivity contribution in [2.75, 3.05) is 0 Å². The zero-order valence-corrected chi connectivity index (χ0v) is 10.9. The molecule has 0 aliphatic rings. The molecule has 5 heteroatoms. The molecule has 2 aromatic rings. The Balaban J connectivity index is 2.22. The second-order valence-electron chi connectivity index (χ2n) is 3.98. The zero-order chi connectivity index (χ0) is 13.1. The molecular weight excluding hydrogens is 250 g/mol. The maximum Gasteiger partial charge on any atom is 0.310 e. The molecule has 0 radical (unpaired) electrons. The standard InChI is InChI=1S/C13H13NO3S/c1-8-7-10(9(2)12(15)16)3-4-11(8)17-13-14-5-6-18-13/h3-7,9H,1-2H3,(H,15,16). The van der Waals surface area contributed by atoms with Gasteiger partial charge in [0.05, 0.1) is 5.92 Å². The molecule has 4 nitrogen and oxygen atoms in total. The van der Waals surface area contributed by atoms with Crippen LogP contribution in [0.15, 0.2) is 29.8 Å². The van der Waals surface area contributed by atoms with E-state index >= 15 is 0 Å². The average Bonchev–Trinajstić information content (AvgIpc) is 2.83. The van der Waals surface area contributed by atoms with Crippen LogP contribution in [0.5, 0.6) is 10.9 Å². The highest BCUT2D eigenvalue weighted by atomic mass is 32.1. The maximum atomic E-state index is 10.9. The number of carbonyl (C=O) groups is 1. The number of thiazole rings is 1. The number of aliphatic carboxylic acids is 1. The monoisotopic (exact) mass is 263 g/mol. The number of aryl methyl sites for hydroxylation is 1. The summed E-state index contributed by atoms with van der Waals surface area (Å²) in [6.07, 6.45) is 1.68. The van der Waals surface area contributed by atoms with E-state index in [0.29, 0.717) is 10.9 Å². The van der Waals surface area contributed by atoms with Crippen molar-refractivity contribution in [2.45, 2.75) is 19.8 Å². The van der Waals surface area contributed by atoms with Gasteiger partial charge in [0.1, 0.15) is 5.75 Å². The van der Waals surface area contributed by atoms with Crippen LogP contribution in [0.3, 0.4) is 0 Å². The molecule has 1 aromatic heterocycles. The van der Waals surface area contributed by atoms with Gasteiger partial charge in [-0.05, 0) is 31.0 Å². The molecule has 0 amide bonds. The minimum Gasteiger partial charge on any atom is -0.481 e. The van der Waals surface area contributed by atoms with E-state index in [1.165, 1.54) is 11.3 Å². The van der Waals surface area contributed by atoms with Gasteiger partial charge in [0.25, 0.3) is 5.19 Å². The summed E-state index contributed by atoms with van der Waals surface area (Å²) in [5, 5.41) is 11.4. The van der Waals surface area contributed by atoms with E-state index in [2.05, 4.69) is 4.98 Å². The zero-order valence-electron chi connectivity index (χ0n) is 10.1. The molecule has 1 aromatic carbocycles. The first-order valence-electron chi connectivity index (χ1n) is 5.48. The number of hydrogen-bond acceptors (Lipinski definition) is 4. The van der Waals surface area contributed by atoms with E-state index in [1.54, 1.807) is 25.3 Å². The molecule has 0 saturated heterocycles. The highest BCUT2D eigenvalue weighted by Crippen LogP contribution is 2.29. The van der Waals surface area contributed by atoms with Gasteiger partial charge in [0, 0.05) is 11.6 Å². The van der Waals surface area contributed by atoms with Gasteiger partial charge in [0.2, 0.25) is 0 Å². The Bertz CT molecular complexity index is 551. The van der Waals surface area contributed by atoms with Crippen LogP contribution in [0.4, 0.5) is 0 Å². The van der Waals surface area contributed by atoms with Crippen LogP contribution in [0.1, 0.15) is 24.0 Å². The lowest BCUT2D eigenvalue weighted by Gasteiger charge is -2.10. The molecule has 18 heavy (non-hydrogen) atoms. The van der Waals surface area contributed by atoms with Gasteiger partial charge in [-0.15, -0.1) is 0 Å². The van der Waals surface area contributed by atoms with Gasteiger partial charge in [-0.2, -0.15) is 0 Å². The molecule has 0 fully saturated rings. The SMILES string of the molecule is Cc1cc(C(C)C(=O)O)ccc1Oc1nccs1. The summed E-state index contributed by atoms with van der Waals surface area (Å²) >= 11 is 1.41. The summed E-state index contributed by atoms with van der Waals surface area (Å²) < 4.78 is 5.60. The van der Waals surface area contributed by atoms with Crippen LogP contribution in [0, 0.1) is 6.92 Å². The van der Waals surface area contributed by atoms with Crippen LogP contribution >= 0.6 is 11.3 Å². The number of aromatic nitrogens is 1. The van der Waals surface area contributed by atoms with Crippen LogP contribution in [0.25, 0.3) is 0 Å². The molecule has 0 saturated carbocycles. The minimum absolute atomic E-state index is 0.516. The fourth-order valence-corrected chi connectivity index (χ4v) is 2.05. The van der Waals surface area contributed by atoms with Crippen molar-refractivity contribution in [2.24, 2.45) is 0 Å². The predicted molar refractivity (Wildman–Crippen MR) is 69.4 cm³/mol. The van der Waals surface area contributed by atoms with Crippen molar-refractivity contribution in [3.05, 3.63) is 40.9 Å². The van der Waals surface area contributed by atoms with Crippen LogP contribution in [0.2, 0.25) is 0 Å². The smallest absolute Gasteiger partial charge is 0.310 e. The van der Waals surface area contributed by atoms with E-state index in [0.717, 1.165) is 11.1 Å². The Hall–Kier alpha value is -1.88. The van der Waals surface area contributed by atoms with Gasteiger partial charge in [-0.3, -0.25) is 4.79 Å². The normalized spacial score (nSPS) is 12.1. The van der Waals surface area contributed by atoms with Gasteiger partial charge < -0.3 is 9.84 Å². The van der Waals surface area contributed by atoms with Gasteiger partial charge in [-0.1, -0.05) is 23.5 Å². The quantitative estimate of drug-likeness (QED) is 0.918. The molecule has 0 bridgehead atoms. The molecule has 1 heterocycles. The Kier molecular flexibility index (Phi) is 3.62. The number of carboxylic acids is 1. The van der Waals surface area contributed by atoms with Crippen molar-refractivity contribution < 1.29 is 14.6 Å². The fourth-order valence-electron chi connectivity index (χ4n) is 1.55. The Morgan fingerprint density at radius 3 is 2.83 bits per heavy atom. The number of benzene rings is 1. The molecule has 0 aliphatic carbocycles. The summed E-state index contributed by atoms with van der Waals surface area (Å²) in [5.41, 5.74) is 1.67. The van der Waals surface area contributed by atoms with Gasteiger partial charge in [-0.25, -0.2) is 4.98 Å². The highest BCUT2D eigenvalue weighted by Gasteiger charge is 2.15. The number of rotatable bonds is 4. The second kappa shape index (κ2) is 5.18. The van der Waals surface area contributed by atoms with E-state index in [-0.39, 0.29) is 0 Å². The molecule has 2 rings (SSSR count). The van der Waals surface area contributed by atoms with Gasteiger partial charge in [0.15, 0.2) is 0 Å². The molecule has 0 aliphatic heterocycles. The summed E-state index contributed by atoms with van der Waals surface area (Å²) in [6.45, 7) is 3.56.